The Kier molecular flexibility index (Phi) is 5.30. The Bertz CT molecular complexity index is 856. The molecule has 0 aliphatic carbocycles. The van der Waals surface area contributed by atoms with Crippen molar-refractivity contribution in [1.29, 1.82) is 0 Å². The van der Waals surface area contributed by atoms with Crippen molar-refractivity contribution in [2.75, 3.05) is 11.9 Å². The number of pyridine rings is 1. The second-order valence-corrected chi connectivity index (χ2v) is 6.39. The first-order valence-electron chi connectivity index (χ1n) is 6.85. The van der Waals surface area contributed by atoms with E-state index in [0.717, 1.165) is 11.3 Å². The van der Waals surface area contributed by atoms with E-state index in [1.807, 2.05) is 17.5 Å². The normalized spacial score (nSPS) is 10.4. The Morgan fingerprint density at radius 2 is 2.17 bits per heavy atom. The molecular formula is C16H11Cl2N3O2S. The molecule has 24 heavy (non-hydrogen) atoms. The Morgan fingerprint density at radius 1 is 1.29 bits per heavy atom. The number of carbonyl (C=O) groups excluding carboxylic acids is 1. The molecule has 8 heteroatoms. The van der Waals surface area contributed by atoms with E-state index in [2.05, 4.69) is 15.3 Å². The number of thiazole rings is 1. The number of ether oxygens (including phenoxy) is 1. The van der Waals surface area contributed by atoms with E-state index < -0.39 is 0 Å². The number of nitrogens with zero attached hydrogens (tertiary/aromatic N) is 2. The average molecular weight is 380 g/mol. The molecule has 0 radical (unpaired) electrons. The average Bonchev–Trinajstić information content (AvgIpc) is 3.03. The molecule has 3 rings (SSSR count). The lowest BCUT2D eigenvalue weighted by Gasteiger charge is -2.07. The van der Waals surface area contributed by atoms with Gasteiger partial charge in [-0.15, -0.1) is 11.3 Å². The summed E-state index contributed by atoms with van der Waals surface area (Å²) in [5.74, 6) is 0.0690. The molecule has 0 atom stereocenters. The van der Waals surface area contributed by atoms with Crippen LogP contribution in [-0.4, -0.2) is 22.5 Å². The number of benzene rings is 1. The monoisotopic (exact) mass is 379 g/mol. The number of rotatable bonds is 5. The van der Waals surface area contributed by atoms with Gasteiger partial charge in [0.2, 0.25) is 0 Å². The van der Waals surface area contributed by atoms with E-state index in [9.17, 15) is 4.79 Å². The van der Waals surface area contributed by atoms with E-state index in [0.29, 0.717) is 20.9 Å². The Labute approximate surface area is 152 Å². The summed E-state index contributed by atoms with van der Waals surface area (Å²) in [6.07, 6.45) is 3.41. The molecule has 2 heterocycles. The lowest BCUT2D eigenvalue weighted by Crippen LogP contribution is -2.20. The highest BCUT2D eigenvalue weighted by Crippen LogP contribution is 2.27. The van der Waals surface area contributed by atoms with Crippen LogP contribution in [0.2, 0.25) is 10.0 Å². The van der Waals surface area contributed by atoms with Crippen LogP contribution < -0.4 is 10.1 Å². The summed E-state index contributed by atoms with van der Waals surface area (Å²) in [6, 6.07) is 8.54. The molecule has 0 bridgehead atoms. The highest BCUT2D eigenvalue weighted by molar-refractivity contribution is 7.14. The summed E-state index contributed by atoms with van der Waals surface area (Å²) in [6.45, 7) is -0.177. The summed E-state index contributed by atoms with van der Waals surface area (Å²) < 4.78 is 5.38. The molecule has 0 saturated carbocycles. The Balaban J connectivity index is 1.58. The third kappa shape index (κ3) is 4.23. The van der Waals surface area contributed by atoms with Gasteiger partial charge in [0.05, 0.1) is 10.7 Å². The number of halogens is 2. The Hall–Kier alpha value is -2.15. The third-order valence-electron chi connectivity index (χ3n) is 2.96. The van der Waals surface area contributed by atoms with Crippen LogP contribution in [0, 0.1) is 0 Å². The molecule has 1 amide bonds. The van der Waals surface area contributed by atoms with Crippen LogP contribution >= 0.6 is 34.5 Å². The fourth-order valence-electron chi connectivity index (χ4n) is 1.87. The third-order valence-corrected chi connectivity index (χ3v) is 4.25. The standard InChI is InChI=1S/C16H11Cl2N3O2S/c17-11-3-4-14(12(18)6-11)23-8-15(22)21-16-20-13(9-24-16)10-2-1-5-19-7-10/h1-7,9H,8H2,(H,20,21,22). The summed E-state index contributed by atoms with van der Waals surface area (Å²) >= 11 is 13.1. The van der Waals surface area contributed by atoms with E-state index >= 15 is 0 Å². The van der Waals surface area contributed by atoms with Gasteiger partial charge in [-0.2, -0.15) is 0 Å². The molecule has 0 saturated heterocycles. The molecule has 0 aliphatic heterocycles. The highest BCUT2D eigenvalue weighted by atomic mass is 35.5. The fraction of sp³-hybridized carbons (Fsp3) is 0.0625. The number of amides is 1. The molecule has 0 spiro atoms. The first kappa shape index (κ1) is 16.7. The number of anilines is 1. The van der Waals surface area contributed by atoms with Crippen LogP contribution in [0.3, 0.4) is 0 Å². The molecule has 0 unspecified atom stereocenters. The van der Waals surface area contributed by atoms with Crippen molar-refractivity contribution in [2.45, 2.75) is 0 Å². The van der Waals surface area contributed by atoms with E-state index in [4.69, 9.17) is 27.9 Å². The van der Waals surface area contributed by atoms with Crippen LogP contribution in [0.25, 0.3) is 11.3 Å². The number of hydrogen-bond acceptors (Lipinski definition) is 5. The molecule has 122 valence electrons. The molecule has 3 aromatic rings. The predicted octanol–water partition coefficient (Wildman–Crippen LogP) is 4.53. The van der Waals surface area contributed by atoms with Gasteiger partial charge in [-0.1, -0.05) is 23.2 Å². The zero-order valence-corrected chi connectivity index (χ0v) is 14.5. The van der Waals surface area contributed by atoms with E-state index in [1.54, 1.807) is 30.6 Å². The second-order valence-electron chi connectivity index (χ2n) is 4.69. The maximum atomic E-state index is 12.0. The Morgan fingerprint density at radius 3 is 2.92 bits per heavy atom. The van der Waals surface area contributed by atoms with Crippen LogP contribution in [0.4, 0.5) is 5.13 Å². The molecule has 0 aliphatic rings. The molecule has 2 aromatic heterocycles. The smallest absolute Gasteiger partial charge is 0.264 e. The van der Waals surface area contributed by atoms with E-state index in [1.165, 1.54) is 11.3 Å². The molecular weight excluding hydrogens is 369 g/mol. The van der Waals surface area contributed by atoms with E-state index in [-0.39, 0.29) is 12.5 Å². The quantitative estimate of drug-likeness (QED) is 0.707. The number of hydrogen-bond donors (Lipinski definition) is 1. The largest absolute Gasteiger partial charge is 0.482 e. The zero-order chi connectivity index (χ0) is 16.9. The number of carbonyl (C=O) groups is 1. The summed E-state index contributed by atoms with van der Waals surface area (Å²) in [5.41, 5.74) is 1.64. The van der Waals surface area contributed by atoms with Gasteiger partial charge in [0.1, 0.15) is 5.75 Å². The molecule has 0 fully saturated rings. The van der Waals surface area contributed by atoms with Gasteiger partial charge in [0.25, 0.3) is 5.91 Å². The van der Waals surface area contributed by atoms with Crippen molar-refractivity contribution < 1.29 is 9.53 Å². The first-order valence-corrected chi connectivity index (χ1v) is 8.49. The number of nitrogens with one attached hydrogen (secondary N) is 1. The summed E-state index contributed by atoms with van der Waals surface area (Å²) in [7, 11) is 0. The lowest BCUT2D eigenvalue weighted by atomic mass is 10.2. The van der Waals surface area contributed by atoms with Crippen molar-refractivity contribution in [3.63, 3.8) is 0 Å². The van der Waals surface area contributed by atoms with Crippen molar-refractivity contribution in [3.8, 4) is 17.0 Å². The first-order chi connectivity index (χ1) is 11.6. The predicted molar refractivity (Wildman–Crippen MR) is 95.9 cm³/mol. The van der Waals surface area contributed by atoms with Crippen LogP contribution in [0.1, 0.15) is 0 Å². The van der Waals surface area contributed by atoms with Gasteiger partial charge in [0.15, 0.2) is 11.7 Å². The van der Waals surface area contributed by atoms with Crippen LogP contribution in [0.15, 0.2) is 48.1 Å². The minimum absolute atomic E-state index is 0.177. The SMILES string of the molecule is O=C(COc1ccc(Cl)cc1Cl)Nc1nc(-c2cccnc2)cs1. The summed E-state index contributed by atoms with van der Waals surface area (Å²) in [5, 5.41) is 5.88. The maximum Gasteiger partial charge on any atom is 0.264 e. The molecule has 1 N–H and O–H groups in total. The molecule has 5 nitrogen and oxygen atoms in total. The van der Waals surface area contributed by atoms with Gasteiger partial charge in [-0.3, -0.25) is 15.1 Å². The lowest BCUT2D eigenvalue weighted by molar-refractivity contribution is -0.118. The van der Waals surface area contributed by atoms with Gasteiger partial charge in [-0.25, -0.2) is 4.98 Å². The molecule has 1 aromatic carbocycles. The summed E-state index contributed by atoms with van der Waals surface area (Å²) in [4.78, 5) is 20.4. The topological polar surface area (TPSA) is 64.1 Å². The minimum atomic E-state index is -0.326. The second kappa shape index (κ2) is 7.61. The van der Waals surface area contributed by atoms with Gasteiger partial charge < -0.3 is 4.74 Å². The zero-order valence-electron chi connectivity index (χ0n) is 12.2. The van der Waals surface area contributed by atoms with Crippen LogP contribution in [0.5, 0.6) is 5.75 Å². The number of aromatic nitrogens is 2. The van der Waals surface area contributed by atoms with Gasteiger partial charge in [-0.05, 0) is 30.3 Å². The minimum Gasteiger partial charge on any atom is -0.482 e. The highest BCUT2D eigenvalue weighted by Gasteiger charge is 2.10. The van der Waals surface area contributed by atoms with Crippen molar-refractivity contribution >= 4 is 45.6 Å². The van der Waals surface area contributed by atoms with Gasteiger partial charge in [0, 0.05) is 28.4 Å². The maximum absolute atomic E-state index is 12.0. The van der Waals surface area contributed by atoms with Crippen molar-refractivity contribution in [3.05, 3.63) is 58.2 Å². The fourth-order valence-corrected chi connectivity index (χ4v) is 3.07. The van der Waals surface area contributed by atoms with Crippen LogP contribution in [-0.2, 0) is 4.79 Å². The van der Waals surface area contributed by atoms with Gasteiger partial charge >= 0.3 is 0 Å². The van der Waals surface area contributed by atoms with Crippen molar-refractivity contribution in [2.24, 2.45) is 0 Å². The van der Waals surface area contributed by atoms with Crippen molar-refractivity contribution in [1.82, 2.24) is 9.97 Å².